The molecule has 0 atom stereocenters. The molecule has 4 rings (SSSR count). The first-order valence-electron chi connectivity index (χ1n) is 8.18. The smallest absolute Gasteiger partial charge is 0.196 e. The fraction of sp³-hybridized carbons (Fsp3) is 0.158. The largest absolute Gasteiger partial charge is 0.361 e. The normalized spacial score (nSPS) is 11.0. The highest BCUT2D eigenvalue weighted by Crippen LogP contribution is 2.29. The topological polar surface area (TPSA) is 69.6 Å². The van der Waals surface area contributed by atoms with E-state index in [4.69, 9.17) is 4.52 Å². The zero-order chi connectivity index (χ0) is 17.9. The third-order valence-electron chi connectivity index (χ3n) is 3.89. The number of rotatable bonds is 5. The van der Waals surface area contributed by atoms with Gasteiger partial charge in [0.05, 0.1) is 5.69 Å². The molecule has 0 amide bonds. The van der Waals surface area contributed by atoms with Gasteiger partial charge in [-0.1, -0.05) is 34.6 Å². The third kappa shape index (κ3) is 3.39. The first kappa shape index (κ1) is 16.5. The summed E-state index contributed by atoms with van der Waals surface area (Å²) in [6.45, 7) is 3.96. The molecular weight excluding hydrogens is 346 g/mol. The number of aryl methyl sites for hydroxylation is 2. The SMILES string of the molecule is Cc1ccc(-n2c(SCc3cc(C)on3)nnc2-c2ccncc2)cc1. The van der Waals surface area contributed by atoms with Gasteiger partial charge in [-0.15, -0.1) is 10.2 Å². The van der Waals surface area contributed by atoms with E-state index >= 15 is 0 Å². The second-order valence-electron chi connectivity index (χ2n) is 5.93. The van der Waals surface area contributed by atoms with E-state index in [-0.39, 0.29) is 0 Å². The van der Waals surface area contributed by atoms with E-state index in [1.165, 1.54) is 5.56 Å². The van der Waals surface area contributed by atoms with Crippen molar-refractivity contribution in [2.75, 3.05) is 0 Å². The van der Waals surface area contributed by atoms with Gasteiger partial charge in [0.25, 0.3) is 0 Å². The fourth-order valence-corrected chi connectivity index (χ4v) is 3.43. The van der Waals surface area contributed by atoms with Crippen molar-refractivity contribution in [2.45, 2.75) is 24.8 Å². The van der Waals surface area contributed by atoms with Gasteiger partial charge < -0.3 is 4.52 Å². The standard InChI is InChI=1S/C19H17N5OS/c1-13-3-5-17(6-4-13)24-18(15-7-9-20-10-8-15)21-22-19(24)26-12-16-11-14(2)25-23-16/h3-11H,12H2,1-2H3. The highest BCUT2D eigenvalue weighted by atomic mass is 32.2. The summed E-state index contributed by atoms with van der Waals surface area (Å²) >= 11 is 1.58. The minimum absolute atomic E-state index is 0.664. The Morgan fingerprint density at radius 2 is 1.77 bits per heavy atom. The van der Waals surface area contributed by atoms with Gasteiger partial charge >= 0.3 is 0 Å². The molecule has 1 aromatic carbocycles. The lowest BCUT2D eigenvalue weighted by Gasteiger charge is -2.10. The van der Waals surface area contributed by atoms with Gasteiger partial charge in [0.2, 0.25) is 0 Å². The average molecular weight is 363 g/mol. The predicted octanol–water partition coefficient (Wildman–Crippen LogP) is 4.23. The van der Waals surface area contributed by atoms with Crippen molar-refractivity contribution in [3.05, 3.63) is 71.9 Å². The molecule has 3 heterocycles. The number of hydrogen-bond donors (Lipinski definition) is 0. The molecule has 0 fully saturated rings. The van der Waals surface area contributed by atoms with Crippen LogP contribution in [-0.4, -0.2) is 24.9 Å². The summed E-state index contributed by atoms with van der Waals surface area (Å²) in [5, 5.41) is 13.7. The highest BCUT2D eigenvalue weighted by molar-refractivity contribution is 7.98. The van der Waals surface area contributed by atoms with Crippen molar-refractivity contribution in [3.8, 4) is 17.1 Å². The van der Waals surface area contributed by atoms with E-state index in [1.807, 2.05) is 25.1 Å². The zero-order valence-corrected chi connectivity index (χ0v) is 15.3. The number of hydrogen-bond acceptors (Lipinski definition) is 6. The van der Waals surface area contributed by atoms with Crippen LogP contribution in [0.1, 0.15) is 17.0 Å². The molecule has 4 aromatic rings. The molecule has 0 aliphatic heterocycles. The van der Waals surface area contributed by atoms with Gasteiger partial charge in [-0.25, -0.2) is 0 Å². The lowest BCUT2D eigenvalue weighted by atomic mass is 10.2. The lowest BCUT2D eigenvalue weighted by molar-refractivity contribution is 0.393. The molecule has 0 aliphatic rings. The Balaban J connectivity index is 1.73. The van der Waals surface area contributed by atoms with E-state index in [9.17, 15) is 0 Å². The van der Waals surface area contributed by atoms with Gasteiger partial charge in [0.1, 0.15) is 5.76 Å². The molecule has 0 saturated heterocycles. The van der Waals surface area contributed by atoms with Crippen molar-refractivity contribution in [1.29, 1.82) is 0 Å². The number of benzene rings is 1. The second-order valence-corrected chi connectivity index (χ2v) is 6.87. The highest BCUT2D eigenvalue weighted by Gasteiger charge is 2.16. The Bertz CT molecular complexity index is 1010. The molecule has 0 N–H and O–H groups in total. The molecule has 6 nitrogen and oxygen atoms in total. The van der Waals surface area contributed by atoms with Crippen LogP contribution in [-0.2, 0) is 5.75 Å². The summed E-state index contributed by atoms with van der Waals surface area (Å²) in [4.78, 5) is 4.09. The molecule has 7 heteroatoms. The van der Waals surface area contributed by atoms with Gasteiger partial charge in [0, 0.05) is 35.5 Å². The Kier molecular flexibility index (Phi) is 4.53. The van der Waals surface area contributed by atoms with Crippen LogP contribution in [0.25, 0.3) is 17.1 Å². The van der Waals surface area contributed by atoms with Crippen molar-refractivity contribution in [2.24, 2.45) is 0 Å². The van der Waals surface area contributed by atoms with Crippen molar-refractivity contribution in [3.63, 3.8) is 0 Å². The summed E-state index contributed by atoms with van der Waals surface area (Å²) in [7, 11) is 0. The van der Waals surface area contributed by atoms with Crippen LogP contribution in [0.2, 0.25) is 0 Å². The molecule has 0 saturated carbocycles. The maximum Gasteiger partial charge on any atom is 0.196 e. The van der Waals surface area contributed by atoms with Crippen molar-refractivity contribution >= 4 is 11.8 Å². The van der Waals surface area contributed by atoms with Gasteiger partial charge in [-0.3, -0.25) is 9.55 Å². The summed E-state index contributed by atoms with van der Waals surface area (Å²) in [5.74, 6) is 2.26. The van der Waals surface area contributed by atoms with Crippen LogP contribution in [0.3, 0.4) is 0 Å². The molecule has 130 valence electrons. The number of aromatic nitrogens is 5. The van der Waals surface area contributed by atoms with Gasteiger partial charge in [-0.05, 0) is 38.1 Å². The molecule has 3 aromatic heterocycles. The number of thioether (sulfide) groups is 1. The van der Waals surface area contributed by atoms with E-state index < -0.39 is 0 Å². The monoisotopic (exact) mass is 363 g/mol. The molecule has 0 unspecified atom stereocenters. The Hall–Kier alpha value is -2.93. The van der Waals surface area contributed by atoms with Crippen molar-refractivity contribution < 1.29 is 4.52 Å². The Labute approximate surface area is 155 Å². The summed E-state index contributed by atoms with van der Waals surface area (Å²) in [6, 6.07) is 14.1. The molecular formula is C19H17N5OS. The van der Waals surface area contributed by atoms with E-state index in [0.717, 1.165) is 33.7 Å². The predicted molar refractivity (Wildman–Crippen MR) is 100 cm³/mol. The molecule has 26 heavy (non-hydrogen) atoms. The van der Waals surface area contributed by atoms with Crippen LogP contribution < -0.4 is 0 Å². The lowest BCUT2D eigenvalue weighted by Crippen LogP contribution is -2.00. The Morgan fingerprint density at radius 1 is 1.00 bits per heavy atom. The van der Waals surface area contributed by atoms with Crippen LogP contribution in [0, 0.1) is 13.8 Å². The van der Waals surface area contributed by atoms with Crippen LogP contribution in [0.5, 0.6) is 0 Å². The minimum atomic E-state index is 0.664. The quantitative estimate of drug-likeness (QED) is 0.494. The van der Waals surface area contributed by atoms with Crippen LogP contribution >= 0.6 is 11.8 Å². The summed E-state index contributed by atoms with van der Waals surface area (Å²) in [6.07, 6.45) is 3.52. The zero-order valence-electron chi connectivity index (χ0n) is 14.5. The number of pyridine rings is 1. The van der Waals surface area contributed by atoms with E-state index in [0.29, 0.717) is 5.75 Å². The molecule has 0 bridgehead atoms. The van der Waals surface area contributed by atoms with Gasteiger partial charge in [0.15, 0.2) is 11.0 Å². The molecule has 0 aliphatic carbocycles. The van der Waals surface area contributed by atoms with Crippen molar-refractivity contribution in [1.82, 2.24) is 24.9 Å². The maximum absolute atomic E-state index is 5.14. The summed E-state index contributed by atoms with van der Waals surface area (Å²) in [5.41, 5.74) is 4.08. The minimum Gasteiger partial charge on any atom is -0.361 e. The first-order chi connectivity index (χ1) is 12.7. The molecule has 0 spiro atoms. The summed E-state index contributed by atoms with van der Waals surface area (Å²) < 4.78 is 7.20. The number of nitrogens with zero attached hydrogens (tertiary/aromatic N) is 5. The first-order valence-corrected chi connectivity index (χ1v) is 9.17. The maximum atomic E-state index is 5.14. The Morgan fingerprint density at radius 3 is 2.46 bits per heavy atom. The van der Waals surface area contributed by atoms with E-state index in [1.54, 1.807) is 24.2 Å². The van der Waals surface area contributed by atoms with Gasteiger partial charge in [-0.2, -0.15) is 0 Å². The van der Waals surface area contributed by atoms with Crippen LogP contribution in [0.15, 0.2) is 64.5 Å². The third-order valence-corrected chi connectivity index (χ3v) is 4.85. The van der Waals surface area contributed by atoms with E-state index in [2.05, 4.69) is 56.1 Å². The molecule has 0 radical (unpaired) electrons. The fourth-order valence-electron chi connectivity index (χ4n) is 2.60. The average Bonchev–Trinajstić information content (AvgIpc) is 3.27. The second kappa shape index (κ2) is 7.13. The van der Waals surface area contributed by atoms with Crippen LogP contribution in [0.4, 0.5) is 0 Å².